The molecule has 2 aromatic heterocycles. The van der Waals surface area contributed by atoms with E-state index in [9.17, 15) is 9.59 Å². The van der Waals surface area contributed by atoms with E-state index in [4.69, 9.17) is 9.47 Å². The molecule has 33 heavy (non-hydrogen) atoms. The zero-order chi connectivity index (χ0) is 24.1. The summed E-state index contributed by atoms with van der Waals surface area (Å²) in [4.78, 5) is 25.7. The summed E-state index contributed by atoms with van der Waals surface area (Å²) in [5, 5.41) is 12.5. The molecule has 1 N–H and O–H groups in total. The van der Waals surface area contributed by atoms with Gasteiger partial charge < -0.3 is 19.4 Å². The Hall–Kier alpha value is -2.85. The van der Waals surface area contributed by atoms with Gasteiger partial charge in [-0.2, -0.15) is 0 Å². The molecule has 0 radical (unpaired) electrons. The molecule has 2 heterocycles. The van der Waals surface area contributed by atoms with Crippen molar-refractivity contribution in [1.82, 2.24) is 14.8 Å². The number of nitrogens with one attached hydrogen (secondary N) is 1. The maximum atomic E-state index is 12.6. The summed E-state index contributed by atoms with van der Waals surface area (Å²) in [6, 6.07) is 6.06. The van der Waals surface area contributed by atoms with Crippen LogP contribution < -0.4 is 10.1 Å². The molecule has 0 aliphatic heterocycles. The molecular weight excluding hydrogens is 460 g/mol. The van der Waals surface area contributed by atoms with Crippen molar-refractivity contribution in [2.75, 3.05) is 18.2 Å². The number of nitrogens with zero attached hydrogens (tertiary/aromatic N) is 3. The van der Waals surface area contributed by atoms with E-state index in [-0.39, 0.29) is 18.3 Å². The van der Waals surface area contributed by atoms with Gasteiger partial charge in [-0.25, -0.2) is 4.79 Å². The van der Waals surface area contributed by atoms with Gasteiger partial charge in [0.1, 0.15) is 17.4 Å². The smallest absolute Gasteiger partial charge is 0.341 e. The van der Waals surface area contributed by atoms with Gasteiger partial charge in [0.2, 0.25) is 5.91 Å². The minimum atomic E-state index is -0.459. The number of aromatic nitrogens is 3. The number of esters is 1. The molecule has 0 unspecified atom stereocenters. The third kappa shape index (κ3) is 5.94. The lowest BCUT2D eigenvalue weighted by atomic mass is 10.1. The molecule has 3 aromatic rings. The molecule has 0 fully saturated rings. The van der Waals surface area contributed by atoms with Crippen molar-refractivity contribution < 1.29 is 19.1 Å². The normalized spacial score (nSPS) is 10.8. The van der Waals surface area contributed by atoms with Gasteiger partial charge in [-0.3, -0.25) is 4.79 Å². The fourth-order valence-electron chi connectivity index (χ4n) is 3.37. The van der Waals surface area contributed by atoms with E-state index >= 15 is 0 Å². The van der Waals surface area contributed by atoms with Crippen molar-refractivity contribution >= 4 is 40.0 Å². The van der Waals surface area contributed by atoms with Gasteiger partial charge in [-0.05, 0) is 63.4 Å². The molecule has 1 aromatic carbocycles. The second kappa shape index (κ2) is 10.8. The summed E-state index contributed by atoms with van der Waals surface area (Å²) in [6.07, 6.45) is 0. The molecule has 0 bridgehead atoms. The molecule has 0 aliphatic rings. The Kier molecular flexibility index (Phi) is 8.15. The van der Waals surface area contributed by atoms with Crippen molar-refractivity contribution in [3.8, 4) is 5.75 Å². The Labute approximate surface area is 201 Å². The predicted molar refractivity (Wildman–Crippen MR) is 130 cm³/mol. The number of carbonyl (C=O) groups is 2. The SMILES string of the molecule is CCn1c(COc2cc(C)cc(C)c2)nnc1SCC(=O)Nc1sc(C)c(C)c1C(=O)OC. The van der Waals surface area contributed by atoms with Crippen LogP contribution in [0.1, 0.15) is 44.7 Å². The van der Waals surface area contributed by atoms with Gasteiger partial charge in [-0.15, -0.1) is 21.5 Å². The van der Waals surface area contributed by atoms with E-state index < -0.39 is 5.97 Å². The summed E-state index contributed by atoms with van der Waals surface area (Å²) < 4.78 is 12.7. The van der Waals surface area contributed by atoms with Crippen molar-refractivity contribution in [3.63, 3.8) is 0 Å². The van der Waals surface area contributed by atoms with Crippen LogP contribution in [0.5, 0.6) is 5.75 Å². The lowest BCUT2D eigenvalue weighted by Gasteiger charge is -2.10. The van der Waals surface area contributed by atoms with Crippen LogP contribution in [0.25, 0.3) is 0 Å². The highest BCUT2D eigenvalue weighted by Crippen LogP contribution is 2.33. The standard InChI is InChI=1S/C23H28N4O4S2/c1-7-27-18(11-31-17-9-13(2)8-14(3)10-17)25-26-23(27)32-12-19(28)24-21-20(22(29)30-6)15(4)16(5)33-21/h8-10H,7,11-12H2,1-6H3,(H,24,28). The molecule has 0 aliphatic carbocycles. The minimum Gasteiger partial charge on any atom is -0.486 e. The third-order valence-electron chi connectivity index (χ3n) is 5.03. The Bertz CT molecular complexity index is 1150. The molecule has 1 amide bonds. The lowest BCUT2D eigenvalue weighted by Crippen LogP contribution is -2.16. The zero-order valence-corrected chi connectivity index (χ0v) is 21.3. The van der Waals surface area contributed by atoms with E-state index in [2.05, 4.69) is 21.6 Å². The summed E-state index contributed by atoms with van der Waals surface area (Å²) in [6.45, 7) is 10.7. The van der Waals surface area contributed by atoms with E-state index in [1.54, 1.807) is 0 Å². The first-order valence-electron chi connectivity index (χ1n) is 10.5. The average Bonchev–Trinajstić information content (AvgIpc) is 3.29. The first kappa shape index (κ1) is 24.8. The van der Waals surface area contributed by atoms with Crippen LogP contribution in [0.3, 0.4) is 0 Å². The number of anilines is 1. The Balaban J connectivity index is 1.64. The largest absolute Gasteiger partial charge is 0.486 e. The van der Waals surface area contributed by atoms with E-state index in [0.29, 0.717) is 28.1 Å². The number of benzene rings is 1. The topological polar surface area (TPSA) is 95.3 Å². The number of thioether (sulfide) groups is 1. The molecule has 8 nitrogen and oxygen atoms in total. The fraction of sp³-hybridized carbons (Fsp3) is 0.391. The number of amides is 1. The number of ether oxygens (including phenoxy) is 2. The van der Waals surface area contributed by atoms with Crippen LogP contribution >= 0.6 is 23.1 Å². The van der Waals surface area contributed by atoms with Gasteiger partial charge in [0.25, 0.3) is 0 Å². The Morgan fingerprint density at radius 3 is 2.45 bits per heavy atom. The highest BCUT2D eigenvalue weighted by atomic mass is 32.2. The van der Waals surface area contributed by atoms with Crippen molar-refractivity contribution in [2.24, 2.45) is 0 Å². The van der Waals surface area contributed by atoms with Crippen LogP contribution in [0.4, 0.5) is 5.00 Å². The molecule has 0 spiro atoms. The molecule has 0 saturated carbocycles. The number of aryl methyl sites for hydroxylation is 3. The average molecular weight is 489 g/mol. The maximum Gasteiger partial charge on any atom is 0.341 e. The summed E-state index contributed by atoms with van der Waals surface area (Å²) >= 11 is 2.65. The van der Waals surface area contributed by atoms with Crippen molar-refractivity contribution in [1.29, 1.82) is 0 Å². The number of thiophene rings is 1. The second-order valence-corrected chi connectivity index (χ2v) is 9.74. The number of rotatable bonds is 9. The number of carbonyl (C=O) groups excluding carboxylic acids is 2. The highest BCUT2D eigenvalue weighted by Gasteiger charge is 2.22. The fourth-order valence-corrected chi connectivity index (χ4v) is 5.26. The first-order chi connectivity index (χ1) is 15.7. The minimum absolute atomic E-state index is 0.132. The van der Waals surface area contributed by atoms with Crippen molar-refractivity contribution in [3.05, 3.63) is 51.2 Å². The Morgan fingerprint density at radius 1 is 1.12 bits per heavy atom. The zero-order valence-electron chi connectivity index (χ0n) is 19.6. The van der Waals surface area contributed by atoms with Gasteiger partial charge in [0.05, 0.1) is 18.4 Å². The summed E-state index contributed by atoms with van der Waals surface area (Å²) in [7, 11) is 1.33. The van der Waals surface area contributed by atoms with Crippen LogP contribution in [0, 0.1) is 27.7 Å². The number of methoxy groups -OCH3 is 1. The van der Waals surface area contributed by atoms with Gasteiger partial charge in [-0.1, -0.05) is 17.8 Å². The van der Waals surface area contributed by atoms with Crippen LogP contribution in [0.2, 0.25) is 0 Å². The monoisotopic (exact) mass is 488 g/mol. The molecule has 0 atom stereocenters. The van der Waals surface area contributed by atoms with Gasteiger partial charge >= 0.3 is 5.97 Å². The molecule has 3 rings (SSSR count). The quantitative estimate of drug-likeness (QED) is 0.345. The molecule has 10 heteroatoms. The van der Waals surface area contributed by atoms with Gasteiger partial charge in [0.15, 0.2) is 11.0 Å². The Morgan fingerprint density at radius 2 is 1.82 bits per heavy atom. The van der Waals surface area contributed by atoms with E-state index in [1.165, 1.54) is 30.2 Å². The maximum absolute atomic E-state index is 12.6. The first-order valence-corrected chi connectivity index (χ1v) is 12.3. The van der Waals surface area contributed by atoms with E-state index in [0.717, 1.165) is 27.3 Å². The highest BCUT2D eigenvalue weighted by molar-refractivity contribution is 7.99. The van der Waals surface area contributed by atoms with Crippen LogP contribution in [0.15, 0.2) is 23.4 Å². The van der Waals surface area contributed by atoms with Crippen LogP contribution in [-0.2, 0) is 22.7 Å². The third-order valence-corrected chi connectivity index (χ3v) is 7.12. The summed E-state index contributed by atoms with van der Waals surface area (Å²) in [5.41, 5.74) is 3.49. The number of hydrogen-bond donors (Lipinski definition) is 1. The lowest BCUT2D eigenvalue weighted by molar-refractivity contribution is -0.113. The second-order valence-electron chi connectivity index (χ2n) is 7.57. The predicted octanol–water partition coefficient (Wildman–Crippen LogP) is 4.69. The number of hydrogen-bond acceptors (Lipinski definition) is 8. The molecule has 0 saturated heterocycles. The van der Waals surface area contributed by atoms with E-state index in [1.807, 2.05) is 51.3 Å². The van der Waals surface area contributed by atoms with Crippen LogP contribution in [-0.4, -0.2) is 39.5 Å². The van der Waals surface area contributed by atoms with Gasteiger partial charge in [0, 0.05) is 11.4 Å². The molecule has 176 valence electrons. The summed E-state index contributed by atoms with van der Waals surface area (Å²) in [5.74, 6) is 0.919. The molecular formula is C23H28N4O4S2. The van der Waals surface area contributed by atoms with Crippen molar-refractivity contribution in [2.45, 2.75) is 52.9 Å².